The monoisotopic (exact) mass is 242 g/mol. The van der Waals surface area contributed by atoms with Crippen LogP contribution in [0.4, 0.5) is 4.79 Å². The maximum Gasteiger partial charge on any atom is 0.329 e. The summed E-state index contributed by atoms with van der Waals surface area (Å²) in [4.78, 5) is 24.5. The second kappa shape index (κ2) is 6.93. The number of carbonyl (C=O) groups excluding carboxylic acids is 1. The molecule has 0 aliphatic rings. The summed E-state index contributed by atoms with van der Waals surface area (Å²) < 4.78 is 0. The molecule has 0 saturated carbocycles. The third-order valence-electron chi connectivity index (χ3n) is 2.62. The van der Waals surface area contributed by atoms with Gasteiger partial charge >= 0.3 is 12.0 Å². The molecule has 0 aliphatic carbocycles. The number of urea groups is 1. The normalized spacial score (nSPS) is 13.6. The molecule has 0 aromatic carbocycles. The number of aliphatic carboxylic acids is 1. The molecule has 0 aliphatic heterocycles. The van der Waals surface area contributed by atoms with Gasteiger partial charge in [0.25, 0.3) is 0 Å². The van der Waals surface area contributed by atoms with Crippen LogP contribution >= 0.6 is 0 Å². The second-order valence-electron chi connectivity index (χ2n) is 4.14. The van der Waals surface area contributed by atoms with E-state index in [1.807, 2.05) is 13.8 Å². The zero-order valence-electron chi connectivity index (χ0n) is 10.8. The van der Waals surface area contributed by atoms with Crippen molar-refractivity contribution < 1.29 is 14.7 Å². The van der Waals surface area contributed by atoms with Gasteiger partial charge in [0, 0.05) is 13.1 Å². The number of nitrogens with zero attached hydrogens (tertiary/aromatic N) is 1. The Hall–Kier alpha value is -1.52. The van der Waals surface area contributed by atoms with Crippen molar-refractivity contribution in [3.63, 3.8) is 0 Å². The number of hydrogen-bond donors (Lipinski definition) is 2. The Bertz CT molecular complexity index is 291. The van der Waals surface area contributed by atoms with Gasteiger partial charge in [-0.2, -0.15) is 0 Å². The van der Waals surface area contributed by atoms with Crippen LogP contribution in [-0.4, -0.2) is 40.6 Å². The Labute approximate surface area is 102 Å². The van der Waals surface area contributed by atoms with Gasteiger partial charge in [-0.25, -0.2) is 9.59 Å². The smallest absolute Gasteiger partial charge is 0.329 e. The predicted molar refractivity (Wildman–Crippen MR) is 66.9 cm³/mol. The molecule has 0 fully saturated rings. The molecule has 1 atom stereocenters. The van der Waals surface area contributed by atoms with Crippen molar-refractivity contribution in [2.24, 2.45) is 0 Å². The summed E-state index contributed by atoms with van der Waals surface area (Å²) in [6.45, 7) is 9.73. The largest absolute Gasteiger partial charge is 0.480 e. The Kier molecular flexibility index (Phi) is 6.31. The summed E-state index contributed by atoms with van der Waals surface area (Å²) >= 11 is 0. The van der Waals surface area contributed by atoms with Crippen molar-refractivity contribution in [3.05, 3.63) is 12.7 Å². The first-order valence-corrected chi connectivity index (χ1v) is 5.82. The molecular formula is C12H22N2O3. The lowest BCUT2D eigenvalue weighted by atomic mass is 9.96. The van der Waals surface area contributed by atoms with Gasteiger partial charge in [-0.05, 0) is 20.3 Å². The zero-order valence-corrected chi connectivity index (χ0v) is 10.8. The number of amides is 2. The van der Waals surface area contributed by atoms with E-state index >= 15 is 0 Å². The summed E-state index contributed by atoms with van der Waals surface area (Å²) in [5.41, 5.74) is -1.21. The van der Waals surface area contributed by atoms with Gasteiger partial charge in [-0.15, -0.1) is 6.58 Å². The molecule has 2 N–H and O–H groups in total. The summed E-state index contributed by atoms with van der Waals surface area (Å²) in [7, 11) is 0. The molecule has 0 aromatic heterocycles. The molecule has 1 unspecified atom stereocenters. The molecule has 5 heteroatoms. The first-order chi connectivity index (χ1) is 7.91. The Morgan fingerprint density at radius 1 is 1.47 bits per heavy atom. The van der Waals surface area contributed by atoms with E-state index in [1.54, 1.807) is 6.08 Å². The van der Waals surface area contributed by atoms with Crippen LogP contribution in [0, 0.1) is 0 Å². The minimum atomic E-state index is -1.21. The second-order valence-corrected chi connectivity index (χ2v) is 4.14. The lowest BCUT2D eigenvalue weighted by molar-refractivity contribution is -0.144. The topological polar surface area (TPSA) is 69.6 Å². The number of likely N-dealkylation sites (N-methyl/N-ethyl adjacent to an activating group) is 1. The fourth-order valence-corrected chi connectivity index (χ4v) is 1.55. The highest BCUT2D eigenvalue weighted by Crippen LogP contribution is 2.13. The van der Waals surface area contributed by atoms with E-state index in [2.05, 4.69) is 11.9 Å². The van der Waals surface area contributed by atoms with E-state index in [0.717, 1.165) is 0 Å². The Morgan fingerprint density at radius 2 is 2.06 bits per heavy atom. The molecule has 17 heavy (non-hydrogen) atoms. The number of rotatable bonds is 7. The average molecular weight is 242 g/mol. The maximum atomic E-state index is 11.9. The van der Waals surface area contributed by atoms with Crippen molar-refractivity contribution >= 4 is 12.0 Å². The third kappa shape index (κ3) is 4.46. The van der Waals surface area contributed by atoms with Gasteiger partial charge in [0.15, 0.2) is 0 Å². The average Bonchev–Trinajstić information content (AvgIpc) is 2.25. The van der Waals surface area contributed by atoms with Gasteiger partial charge in [-0.1, -0.05) is 19.4 Å². The molecule has 0 radical (unpaired) electrons. The molecule has 0 rings (SSSR count). The minimum absolute atomic E-state index is 0.370. The summed E-state index contributed by atoms with van der Waals surface area (Å²) in [5, 5.41) is 11.7. The van der Waals surface area contributed by atoms with Crippen LogP contribution in [0.15, 0.2) is 12.7 Å². The highest BCUT2D eigenvalue weighted by atomic mass is 16.4. The van der Waals surface area contributed by atoms with Crippen LogP contribution in [0.1, 0.15) is 33.6 Å². The number of nitrogens with one attached hydrogen (secondary N) is 1. The SMILES string of the molecule is C=CCN(CC)C(=O)NC(C)(CCC)C(=O)O. The molecule has 0 aromatic rings. The van der Waals surface area contributed by atoms with Crippen molar-refractivity contribution in [1.29, 1.82) is 0 Å². The fourth-order valence-electron chi connectivity index (χ4n) is 1.55. The number of hydrogen-bond acceptors (Lipinski definition) is 2. The van der Waals surface area contributed by atoms with Gasteiger partial charge in [-0.3, -0.25) is 0 Å². The number of carboxylic acids is 1. The first kappa shape index (κ1) is 15.5. The lowest BCUT2D eigenvalue weighted by Gasteiger charge is -2.29. The highest BCUT2D eigenvalue weighted by molar-refractivity contribution is 5.85. The van der Waals surface area contributed by atoms with Gasteiger partial charge in [0.2, 0.25) is 0 Å². The van der Waals surface area contributed by atoms with Crippen LogP contribution in [0.5, 0.6) is 0 Å². The fraction of sp³-hybridized carbons (Fsp3) is 0.667. The molecule has 0 saturated heterocycles. The van der Waals surface area contributed by atoms with E-state index in [4.69, 9.17) is 5.11 Å². The Balaban J connectivity index is 4.70. The number of carboxylic acid groups (broad SMARTS) is 1. The van der Waals surface area contributed by atoms with Crippen molar-refractivity contribution in [1.82, 2.24) is 10.2 Å². The summed E-state index contributed by atoms with van der Waals surface area (Å²) in [6.07, 6.45) is 2.71. The predicted octanol–water partition coefficient (Wildman–Crippen LogP) is 1.85. The zero-order chi connectivity index (χ0) is 13.5. The molecule has 0 heterocycles. The Morgan fingerprint density at radius 3 is 2.41 bits per heavy atom. The van der Waals surface area contributed by atoms with Crippen LogP contribution in [-0.2, 0) is 4.79 Å². The van der Waals surface area contributed by atoms with Crippen LogP contribution < -0.4 is 5.32 Å². The van der Waals surface area contributed by atoms with Crippen molar-refractivity contribution in [2.75, 3.05) is 13.1 Å². The van der Waals surface area contributed by atoms with Crippen molar-refractivity contribution in [3.8, 4) is 0 Å². The van der Waals surface area contributed by atoms with E-state index in [9.17, 15) is 9.59 Å². The van der Waals surface area contributed by atoms with Gasteiger partial charge in [0.05, 0.1) is 0 Å². The summed E-state index contributed by atoms with van der Waals surface area (Å²) in [6, 6.07) is -0.370. The minimum Gasteiger partial charge on any atom is -0.480 e. The van der Waals surface area contributed by atoms with E-state index in [1.165, 1.54) is 11.8 Å². The lowest BCUT2D eigenvalue weighted by Crippen LogP contribution is -2.56. The van der Waals surface area contributed by atoms with E-state index < -0.39 is 11.5 Å². The molecular weight excluding hydrogens is 220 g/mol. The number of carbonyl (C=O) groups is 2. The van der Waals surface area contributed by atoms with Gasteiger partial charge in [0.1, 0.15) is 5.54 Å². The molecule has 98 valence electrons. The highest BCUT2D eigenvalue weighted by Gasteiger charge is 2.34. The van der Waals surface area contributed by atoms with E-state index in [-0.39, 0.29) is 6.03 Å². The van der Waals surface area contributed by atoms with Gasteiger partial charge < -0.3 is 15.3 Å². The van der Waals surface area contributed by atoms with Crippen LogP contribution in [0.3, 0.4) is 0 Å². The van der Waals surface area contributed by atoms with Crippen LogP contribution in [0.25, 0.3) is 0 Å². The third-order valence-corrected chi connectivity index (χ3v) is 2.62. The first-order valence-electron chi connectivity index (χ1n) is 5.82. The molecule has 5 nitrogen and oxygen atoms in total. The van der Waals surface area contributed by atoms with E-state index in [0.29, 0.717) is 25.9 Å². The molecule has 0 bridgehead atoms. The summed E-state index contributed by atoms with van der Waals surface area (Å²) in [5.74, 6) is -1.01. The quantitative estimate of drug-likeness (QED) is 0.669. The van der Waals surface area contributed by atoms with Crippen LogP contribution in [0.2, 0.25) is 0 Å². The van der Waals surface area contributed by atoms with Crippen molar-refractivity contribution in [2.45, 2.75) is 39.2 Å². The maximum absolute atomic E-state index is 11.9. The standard InChI is InChI=1S/C12H22N2O3/c1-5-8-12(4,10(15)16)13-11(17)14(7-3)9-6-2/h6H,2,5,7-9H2,1,3-4H3,(H,13,17)(H,15,16). The molecule has 2 amide bonds. The molecule has 0 spiro atoms.